The van der Waals surface area contributed by atoms with Gasteiger partial charge in [-0.25, -0.2) is 22.4 Å². The van der Waals surface area contributed by atoms with Crippen LogP contribution in [-0.4, -0.2) is 91.3 Å². The molecule has 2 heterocycles. The van der Waals surface area contributed by atoms with Gasteiger partial charge in [0.15, 0.2) is 0 Å². The zero-order valence-corrected chi connectivity index (χ0v) is 32.2. The number of halogens is 1. The molecule has 4 aliphatic rings. The Hall–Kier alpha value is -3.76. The second-order valence-corrected chi connectivity index (χ2v) is 18.6. The van der Waals surface area contributed by atoms with Crippen LogP contribution in [0.4, 0.5) is 19.7 Å². The van der Waals surface area contributed by atoms with Crippen molar-refractivity contribution < 1.29 is 46.2 Å². The van der Waals surface area contributed by atoms with E-state index in [0.29, 0.717) is 24.9 Å². The van der Waals surface area contributed by atoms with Crippen LogP contribution in [0.5, 0.6) is 0 Å². The van der Waals surface area contributed by atoms with Crippen molar-refractivity contribution in [3.8, 4) is 0 Å². The number of carbonyl (C=O) groups excluding carboxylic acids is 4. The maximum Gasteiger partial charge on any atom is 0.411 e. The van der Waals surface area contributed by atoms with Crippen LogP contribution in [0, 0.1) is 23.6 Å². The van der Waals surface area contributed by atoms with E-state index in [0.717, 1.165) is 12.8 Å². The third kappa shape index (κ3) is 10.5. The lowest BCUT2D eigenvalue weighted by Crippen LogP contribution is -2.56. The normalized spacial score (nSPS) is 31.3. The van der Waals surface area contributed by atoms with Crippen LogP contribution in [0.3, 0.4) is 0 Å². The smallest absolute Gasteiger partial charge is 0.411 e. The van der Waals surface area contributed by atoms with Crippen molar-refractivity contribution in [2.45, 2.75) is 121 Å². The molecule has 2 aliphatic carbocycles. The van der Waals surface area contributed by atoms with Crippen molar-refractivity contribution in [1.82, 2.24) is 20.3 Å². The Morgan fingerprint density at radius 3 is 2.43 bits per heavy atom. The summed E-state index contributed by atoms with van der Waals surface area (Å²) in [6.45, 7) is 11.2. The molecule has 294 valence electrons. The first-order chi connectivity index (χ1) is 24.8. The Labute approximate surface area is 311 Å². The first-order valence-electron chi connectivity index (χ1n) is 18.4. The lowest BCUT2D eigenvalue weighted by molar-refractivity contribution is -0.133. The van der Waals surface area contributed by atoms with Crippen molar-refractivity contribution in [2.75, 3.05) is 25.2 Å². The molecule has 2 aliphatic heterocycles. The minimum absolute atomic E-state index is 0.00357. The van der Waals surface area contributed by atoms with Gasteiger partial charge in [-0.1, -0.05) is 26.0 Å². The van der Waals surface area contributed by atoms with Gasteiger partial charge in [0.05, 0.1) is 30.2 Å². The van der Waals surface area contributed by atoms with Gasteiger partial charge in [0, 0.05) is 24.6 Å². The van der Waals surface area contributed by atoms with Gasteiger partial charge in [0.2, 0.25) is 15.9 Å². The van der Waals surface area contributed by atoms with E-state index in [9.17, 15) is 32.0 Å². The number of nitrogens with one attached hydrogen (secondary N) is 4. The largest absolute Gasteiger partial charge is 0.445 e. The first-order valence-corrected chi connectivity index (χ1v) is 19.9. The summed E-state index contributed by atoms with van der Waals surface area (Å²) >= 11 is 0. The number of alkyl carbamates (subject to hydrolysis) is 1. The zero-order chi connectivity index (χ0) is 38.8. The van der Waals surface area contributed by atoms with Crippen molar-refractivity contribution in [2.24, 2.45) is 17.8 Å². The van der Waals surface area contributed by atoms with E-state index < -0.39 is 79.8 Å². The van der Waals surface area contributed by atoms with Crippen LogP contribution < -0.4 is 20.7 Å². The summed E-state index contributed by atoms with van der Waals surface area (Å²) in [6.07, 6.45) is 5.15. The number of amides is 4. The fourth-order valence-corrected chi connectivity index (χ4v) is 8.23. The number of hydrogen-bond acceptors (Lipinski definition) is 10. The molecule has 0 radical (unpaired) electrons. The molecule has 53 heavy (non-hydrogen) atoms. The van der Waals surface area contributed by atoms with E-state index in [-0.39, 0.29) is 44.6 Å². The number of allylic oxidation sites excluding steroid dienone is 1. The molecule has 7 atom stereocenters. The highest BCUT2D eigenvalue weighted by Crippen LogP contribution is 2.47. The van der Waals surface area contributed by atoms with E-state index in [1.165, 1.54) is 24.3 Å². The fourth-order valence-electron chi connectivity index (χ4n) is 6.92. The molecule has 1 aromatic rings. The van der Waals surface area contributed by atoms with Gasteiger partial charge in [-0.15, -0.1) is 0 Å². The molecular weight excluding hydrogens is 709 g/mol. The van der Waals surface area contributed by atoms with Gasteiger partial charge in [0.1, 0.15) is 23.1 Å². The maximum atomic E-state index is 14.1. The second kappa shape index (κ2) is 15.9. The SMILES string of the molecule is C[C@H]1CC/C=C\[C@H]2C[C@@]2(C(=O)NS(=O)(=O)C2(C)CC2)NC(=O)[C@@H]2C[C@@H](OC(=O)Nc3ccc(F)cc3)CN2COC[C@@H](NC(=O)OC(C)(C)C)[C@H](C)C1. The van der Waals surface area contributed by atoms with Crippen LogP contribution >= 0.6 is 0 Å². The molecule has 2 saturated carbocycles. The quantitative estimate of drug-likeness (QED) is 0.300. The Balaban J connectivity index is 1.36. The molecule has 3 fully saturated rings. The van der Waals surface area contributed by atoms with Crippen LogP contribution in [0.25, 0.3) is 0 Å². The molecule has 14 nitrogen and oxygen atoms in total. The highest BCUT2D eigenvalue weighted by Gasteiger charge is 2.63. The van der Waals surface area contributed by atoms with Gasteiger partial charge in [-0.3, -0.25) is 24.5 Å². The Morgan fingerprint density at radius 1 is 1.08 bits per heavy atom. The number of sulfonamides is 1. The van der Waals surface area contributed by atoms with E-state index >= 15 is 0 Å². The third-order valence-corrected chi connectivity index (χ3v) is 12.7. The standard InChI is InChI=1S/C37H54FN5O9S/c1-23-9-7-8-10-25-19-37(25,32(45)42-53(48,49)36(6)15-16-36)41-31(44)30-18-28(51-33(46)39-27-13-11-26(38)12-14-27)20-43(30)22-50-21-29(24(2)17-23)40-34(47)52-35(3,4)5/h8,10-14,23-25,28-30H,7,9,15-22H2,1-6H3,(H,39,46)(H,40,47)(H,41,44)(H,42,45)/b10-8-/t23-,24+,25-,28+,29+,30-,37+/m0/s1. The summed E-state index contributed by atoms with van der Waals surface area (Å²) in [5.74, 6) is -1.96. The van der Waals surface area contributed by atoms with E-state index in [1.807, 2.05) is 19.1 Å². The predicted molar refractivity (Wildman–Crippen MR) is 194 cm³/mol. The number of rotatable bonds is 6. The summed E-state index contributed by atoms with van der Waals surface area (Å²) in [5.41, 5.74) is -1.86. The van der Waals surface area contributed by atoms with Gasteiger partial charge in [-0.2, -0.15) is 0 Å². The molecule has 0 unspecified atom stereocenters. The topological polar surface area (TPSA) is 181 Å². The van der Waals surface area contributed by atoms with Crippen molar-refractivity contribution >= 4 is 39.7 Å². The Bertz CT molecular complexity index is 1660. The summed E-state index contributed by atoms with van der Waals surface area (Å²) < 4.78 is 58.1. The minimum atomic E-state index is -3.97. The van der Waals surface area contributed by atoms with Gasteiger partial charge in [-0.05, 0) is 102 Å². The van der Waals surface area contributed by atoms with Crippen LogP contribution in [0.15, 0.2) is 36.4 Å². The van der Waals surface area contributed by atoms with Gasteiger partial charge < -0.3 is 24.8 Å². The van der Waals surface area contributed by atoms with E-state index in [2.05, 4.69) is 27.6 Å². The molecule has 4 N–H and O–H groups in total. The summed E-state index contributed by atoms with van der Waals surface area (Å²) in [6, 6.07) is 3.83. The minimum Gasteiger partial charge on any atom is -0.445 e. The number of ether oxygens (including phenoxy) is 3. The number of anilines is 1. The highest BCUT2D eigenvalue weighted by atomic mass is 32.2. The number of nitrogens with zero attached hydrogens (tertiary/aromatic N) is 1. The van der Waals surface area contributed by atoms with Crippen molar-refractivity contribution in [3.05, 3.63) is 42.2 Å². The van der Waals surface area contributed by atoms with Crippen LogP contribution in [0.2, 0.25) is 0 Å². The highest BCUT2D eigenvalue weighted by molar-refractivity contribution is 7.91. The lowest BCUT2D eigenvalue weighted by atomic mass is 9.89. The van der Waals surface area contributed by atoms with Crippen LogP contribution in [0.1, 0.15) is 86.5 Å². The van der Waals surface area contributed by atoms with Crippen LogP contribution in [-0.2, 0) is 33.8 Å². The van der Waals surface area contributed by atoms with Crippen molar-refractivity contribution in [3.63, 3.8) is 0 Å². The van der Waals surface area contributed by atoms with E-state index in [4.69, 9.17) is 14.2 Å². The zero-order valence-electron chi connectivity index (χ0n) is 31.4. The Kier molecular flexibility index (Phi) is 12.1. The van der Waals surface area contributed by atoms with Gasteiger partial charge >= 0.3 is 12.2 Å². The fraction of sp³-hybridized carbons (Fsp3) is 0.676. The Morgan fingerprint density at radius 2 is 1.77 bits per heavy atom. The number of carbonyl (C=O) groups is 4. The second-order valence-electron chi connectivity index (χ2n) is 16.4. The average molecular weight is 764 g/mol. The number of fused-ring (bicyclic) bond motifs is 2. The molecule has 0 aromatic heterocycles. The van der Waals surface area contributed by atoms with Gasteiger partial charge in [0.25, 0.3) is 5.91 Å². The number of benzene rings is 1. The molecule has 1 aromatic carbocycles. The third-order valence-electron chi connectivity index (χ3n) is 10.5. The molecule has 5 rings (SSSR count). The molecule has 4 amide bonds. The monoisotopic (exact) mass is 763 g/mol. The molecular formula is C37H54FN5O9S. The molecule has 0 spiro atoms. The lowest BCUT2D eigenvalue weighted by Gasteiger charge is -2.30. The summed E-state index contributed by atoms with van der Waals surface area (Å²) in [5, 5.41) is 8.40. The maximum absolute atomic E-state index is 14.1. The van der Waals surface area contributed by atoms with Crippen molar-refractivity contribution in [1.29, 1.82) is 0 Å². The predicted octanol–water partition coefficient (Wildman–Crippen LogP) is 4.57. The summed E-state index contributed by atoms with van der Waals surface area (Å²) in [7, 11) is -3.97. The average Bonchev–Trinajstić information content (AvgIpc) is 3.93. The molecule has 16 heteroatoms. The summed E-state index contributed by atoms with van der Waals surface area (Å²) in [4.78, 5) is 55.2. The number of hydrogen-bond donors (Lipinski definition) is 4. The first kappa shape index (κ1) is 40.4. The van der Waals surface area contributed by atoms with E-state index in [1.54, 1.807) is 32.6 Å². The molecule has 1 saturated heterocycles. The molecule has 0 bridgehead atoms.